The van der Waals surface area contributed by atoms with E-state index in [0.717, 1.165) is 10.7 Å². The first-order chi connectivity index (χ1) is 12.4. The number of nitrogens with one attached hydrogen (secondary N) is 1. The van der Waals surface area contributed by atoms with Gasteiger partial charge in [-0.25, -0.2) is 13.5 Å². The molecule has 5 nitrogen and oxygen atoms in total. The number of nitrogens with zero attached hydrogens (tertiary/aromatic N) is 2. The van der Waals surface area contributed by atoms with E-state index in [1.54, 1.807) is 0 Å². The van der Waals surface area contributed by atoms with E-state index >= 15 is 0 Å². The lowest BCUT2D eigenvalue weighted by Gasteiger charge is -2.08. The third-order valence-corrected chi connectivity index (χ3v) is 3.81. The van der Waals surface area contributed by atoms with Crippen LogP contribution < -0.4 is 10.9 Å². The number of amides is 1. The van der Waals surface area contributed by atoms with Gasteiger partial charge in [0.15, 0.2) is 0 Å². The Bertz CT molecular complexity index is 1020. The maximum atomic E-state index is 13.2. The van der Waals surface area contributed by atoms with Crippen LogP contribution in [-0.2, 0) is 6.54 Å². The van der Waals surface area contributed by atoms with Crippen molar-refractivity contribution in [2.45, 2.75) is 6.54 Å². The average molecular weight is 376 g/mol. The van der Waals surface area contributed by atoms with E-state index in [1.165, 1.54) is 48.5 Å². The van der Waals surface area contributed by atoms with Crippen LogP contribution in [0, 0.1) is 11.6 Å². The molecule has 132 valence electrons. The van der Waals surface area contributed by atoms with Crippen molar-refractivity contribution < 1.29 is 13.6 Å². The number of carbonyl (C=O) groups is 1. The Hall–Kier alpha value is -3.06. The van der Waals surface area contributed by atoms with Crippen LogP contribution in [0.1, 0.15) is 16.1 Å². The summed E-state index contributed by atoms with van der Waals surface area (Å²) in [7, 11) is 0. The maximum absolute atomic E-state index is 13.2. The molecule has 3 aromatic rings. The lowest BCUT2D eigenvalue weighted by molar-refractivity contribution is 0.102. The Morgan fingerprint density at radius 1 is 1.08 bits per heavy atom. The highest BCUT2D eigenvalue weighted by Crippen LogP contribution is 2.19. The van der Waals surface area contributed by atoms with Crippen LogP contribution in [0.2, 0.25) is 5.02 Å². The van der Waals surface area contributed by atoms with Gasteiger partial charge in [-0.3, -0.25) is 9.59 Å². The SMILES string of the molecule is O=C(Nc1ccc(F)c(Cl)c1)c1ccc(=O)n(Cc2ccc(F)cc2)n1. The fourth-order valence-electron chi connectivity index (χ4n) is 2.22. The number of anilines is 1. The fourth-order valence-corrected chi connectivity index (χ4v) is 2.40. The summed E-state index contributed by atoms with van der Waals surface area (Å²) in [6.45, 7) is 0.0859. The van der Waals surface area contributed by atoms with Crippen LogP contribution in [0.25, 0.3) is 0 Å². The zero-order valence-corrected chi connectivity index (χ0v) is 14.0. The molecular weight excluding hydrogens is 364 g/mol. The Balaban J connectivity index is 1.81. The second-order valence-electron chi connectivity index (χ2n) is 5.42. The van der Waals surface area contributed by atoms with Gasteiger partial charge in [0.05, 0.1) is 11.6 Å². The number of rotatable bonds is 4. The molecule has 1 aromatic heterocycles. The summed E-state index contributed by atoms with van der Waals surface area (Å²) >= 11 is 5.68. The lowest BCUT2D eigenvalue weighted by Crippen LogP contribution is -2.26. The summed E-state index contributed by atoms with van der Waals surface area (Å²) in [6.07, 6.45) is 0. The zero-order chi connectivity index (χ0) is 18.7. The van der Waals surface area contributed by atoms with Gasteiger partial charge in [0.25, 0.3) is 11.5 Å². The van der Waals surface area contributed by atoms with Crippen molar-refractivity contribution in [3.63, 3.8) is 0 Å². The van der Waals surface area contributed by atoms with Crippen LogP contribution in [-0.4, -0.2) is 15.7 Å². The number of carbonyl (C=O) groups excluding carboxylic acids is 1. The van der Waals surface area contributed by atoms with Gasteiger partial charge in [-0.15, -0.1) is 0 Å². The van der Waals surface area contributed by atoms with E-state index in [-0.39, 0.29) is 23.1 Å². The van der Waals surface area contributed by atoms with Crippen LogP contribution in [0.3, 0.4) is 0 Å². The highest BCUT2D eigenvalue weighted by atomic mass is 35.5. The molecular formula is C18H12ClF2N3O2. The van der Waals surface area contributed by atoms with E-state index in [0.29, 0.717) is 11.3 Å². The summed E-state index contributed by atoms with van der Waals surface area (Å²) in [5.41, 5.74) is 0.534. The molecule has 1 heterocycles. The summed E-state index contributed by atoms with van der Waals surface area (Å²) in [4.78, 5) is 24.2. The van der Waals surface area contributed by atoms with Gasteiger partial charge >= 0.3 is 0 Å². The second kappa shape index (κ2) is 7.45. The van der Waals surface area contributed by atoms with Crippen molar-refractivity contribution in [2.24, 2.45) is 0 Å². The molecule has 0 aliphatic heterocycles. The molecule has 26 heavy (non-hydrogen) atoms. The molecule has 1 amide bonds. The number of hydrogen-bond acceptors (Lipinski definition) is 3. The minimum atomic E-state index is -0.601. The number of halogens is 3. The molecule has 1 N–H and O–H groups in total. The van der Waals surface area contributed by atoms with Gasteiger partial charge in [-0.1, -0.05) is 23.7 Å². The van der Waals surface area contributed by atoms with E-state index in [4.69, 9.17) is 11.6 Å². The summed E-state index contributed by atoms with van der Waals surface area (Å²) < 4.78 is 27.2. The van der Waals surface area contributed by atoms with E-state index in [2.05, 4.69) is 10.4 Å². The summed E-state index contributed by atoms with van der Waals surface area (Å²) in [5, 5.41) is 6.42. The molecule has 0 aliphatic carbocycles. The van der Waals surface area contributed by atoms with Gasteiger partial charge in [-0.2, -0.15) is 5.10 Å². The highest BCUT2D eigenvalue weighted by Gasteiger charge is 2.11. The Morgan fingerprint density at radius 3 is 2.50 bits per heavy atom. The molecule has 3 rings (SSSR count). The molecule has 0 radical (unpaired) electrons. The maximum Gasteiger partial charge on any atom is 0.276 e. The minimum absolute atomic E-state index is 0.00726. The van der Waals surface area contributed by atoms with Crippen molar-refractivity contribution in [1.29, 1.82) is 0 Å². The predicted molar refractivity (Wildman–Crippen MR) is 93.4 cm³/mol. The molecule has 0 bridgehead atoms. The van der Waals surface area contributed by atoms with Gasteiger partial charge < -0.3 is 5.32 Å². The van der Waals surface area contributed by atoms with Crippen molar-refractivity contribution >= 4 is 23.2 Å². The van der Waals surface area contributed by atoms with Crippen molar-refractivity contribution in [1.82, 2.24) is 9.78 Å². The first-order valence-electron chi connectivity index (χ1n) is 7.51. The number of aromatic nitrogens is 2. The topological polar surface area (TPSA) is 64.0 Å². The van der Waals surface area contributed by atoms with Crippen LogP contribution >= 0.6 is 11.6 Å². The Morgan fingerprint density at radius 2 is 1.81 bits per heavy atom. The molecule has 0 atom stereocenters. The first kappa shape index (κ1) is 17.8. The standard InChI is InChI=1S/C18H12ClF2N3O2/c19-14-9-13(5-6-15(14)21)22-18(26)16-7-8-17(25)24(23-16)10-11-1-3-12(20)4-2-11/h1-9H,10H2,(H,22,26). The van der Waals surface area contributed by atoms with Crippen molar-refractivity contribution in [2.75, 3.05) is 5.32 Å². The first-order valence-corrected chi connectivity index (χ1v) is 7.89. The molecule has 8 heteroatoms. The zero-order valence-electron chi connectivity index (χ0n) is 13.2. The second-order valence-corrected chi connectivity index (χ2v) is 5.83. The van der Waals surface area contributed by atoms with Crippen LogP contribution in [0.15, 0.2) is 59.4 Å². The number of benzene rings is 2. The largest absolute Gasteiger partial charge is 0.321 e. The molecule has 2 aromatic carbocycles. The molecule has 0 aliphatic rings. The predicted octanol–water partition coefficient (Wildman–Crippen LogP) is 3.48. The highest BCUT2D eigenvalue weighted by molar-refractivity contribution is 6.31. The number of hydrogen-bond donors (Lipinski definition) is 1. The monoisotopic (exact) mass is 375 g/mol. The summed E-state index contributed by atoms with van der Waals surface area (Å²) in [6, 6.07) is 11.8. The smallest absolute Gasteiger partial charge is 0.276 e. The molecule has 0 spiro atoms. The van der Waals surface area contributed by atoms with E-state index < -0.39 is 17.3 Å². The normalized spacial score (nSPS) is 10.6. The molecule has 0 fully saturated rings. The average Bonchev–Trinajstić information content (AvgIpc) is 2.62. The van der Waals surface area contributed by atoms with Gasteiger partial charge in [0.2, 0.25) is 0 Å². The third-order valence-electron chi connectivity index (χ3n) is 3.52. The quantitative estimate of drug-likeness (QED) is 0.759. The van der Waals surface area contributed by atoms with Crippen molar-refractivity contribution in [3.8, 4) is 0 Å². The molecule has 0 unspecified atom stereocenters. The van der Waals surface area contributed by atoms with Gasteiger partial charge in [-0.05, 0) is 42.0 Å². The van der Waals surface area contributed by atoms with Gasteiger partial charge in [0, 0.05) is 11.8 Å². The molecule has 0 saturated heterocycles. The van der Waals surface area contributed by atoms with Crippen LogP contribution in [0.4, 0.5) is 14.5 Å². The van der Waals surface area contributed by atoms with Gasteiger partial charge in [0.1, 0.15) is 17.3 Å². The van der Waals surface area contributed by atoms with Crippen LogP contribution in [0.5, 0.6) is 0 Å². The lowest BCUT2D eigenvalue weighted by atomic mass is 10.2. The fraction of sp³-hybridized carbons (Fsp3) is 0.0556. The minimum Gasteiger partial charge on any atom is -0.321 e. The van der Waals surface area contributed by atoms with Crippen molar-refractivity contribution in [3.05, 3.63) is 92.9 Å². The van der Waals surface area contributed by atoms with E-state index in [9.17, 15) is 18.4 Å². The van der Waals surface area contributed by atoms with E-state index in [1.807, 2.05) is 0 Å². The Labute approximate surface area is 151 Å². The summed E-state index contributed by atoms with van der Waals surface area (Å²) in [5.74, 6) is -1.57. The molecule has 0 saturated carbocycles. The third kappa shape index (κ3) is 4.12. The Kier molecular flexibility index (Phi) is 5.09.